The second-order valence-electron chi connectivity index (χ2n) is 6.14. The number of rotatable bonds is 6. The van der Waals surface area contributed by atoms with E-state index < -0.39 is 0 Å². The number of carbonyl (C=O) groups is 1. The van der Waals surface area contributed by atoms with Crippen molar-refractivity contribution in [2.45, 2.75) is 70.3 Å². The van der Waals surface area contributed by atoms with Crippen molar-refractivity contribution < 1.29 is 4.79 Å². The molecule has 0 aromatic carbocycles. The van der Waals surface area contributed by atoms with Crippen molar-refractivity contribution in [3.63, 3.8) is 0 Å². The average Bonchev–Trinajstić information content (AvgIpc) is 3.05. The van der Waals surface area contributed by atoms with Crippen molar-refractivity contribution in [1.82, 2.24) is 5.32 Å². The Labute approximate surface area is 111 Å². The van der Waals surface area contributed by atoms with Gasteiger partial charge in [-0.1, -0.05) is 38.5 Å². The lowest BCUT2D eigenvalue weighted by molar-refractivity contribution is -0.122. The SMILES string of the molecule is NCC(NC(=O)CCC1CCCC1)C1CCCC1. The summed E-state index contributed by atoms with van der Waals surface area (Å²) in [6, 6.07) is 0.226. The summed E-state index contributed by atoms with van der Waals surface area (Å²) in [6.07, 6.45) is 12.3. The maximum absolute atomic E-state index is 12.0. The second kappa shape index (κ2) is 7.13. The molecule has 0 bridgehead atoms. The van der Waals surface area contributed by atoms with Gasteiger partial charge in [0.1, 0.15) is 0 Å². The smallest absolute Gasteiger partial charge is 0.220 e. The molecule has 3 N–H and O–H groups in total. The van der Waals surface area contributed by atoms with Gasteiger partial charge in [0.25, 0.3) is 0 Å². The van der Waals surface area contributed by atoms with E-state index in [1.807, 2.05) is 0 Å². The molecular weight excluding hydrogens is 224 g/mol. The van der Waals surface area contributed by atoms with Gasteiger partial charge < -0.3 is 11.1 Å². The lowest BCUT2D eigenvalue weighted by Crippen LogP contribution is -2.44. The normalized spacial score (nSPS) is 23.4. The molecule has 1 unspecified atom stereocenters. The Hall–Kier alpha value is -0.570. The first kappa shape index (κ1) is 13.9. The van der Waals surface area contributed by atoms with Crippen LogP contribution in [-0.4, -0.2) is 18.5 Å². The Bertz CT molecular complexity index is 255. The molecule has 0 aromatic heterocycles. The zero-order valence-corrected chi connectivity index (χ0v) is 11.5. The summed E-state index contributed by atoms with van der Waals surface area (Å²) in [4.78, 5) is 12.0. The van der Waals surface area contributed by atoms with E-state index >= 15 is 0 Å². The summed E-state index contributed by atoms with van der Waals surface area (Å²) < 4.78 is 0. The molecule has 18 heavy (non-hydrogen) atoms. The first-order valence-corrected chi connectivity index (χ1v) is 7.79. The van der Waals surface area contributed by atoms with Crippen molar-refractivity contribution in [2.24, 2.45) is 17.6 Å². The molecule has 0 heterocycles. The van der Waals surface area contributed by atoms with Gasteiger partial charge in [-0.15, -0.1) is 0 Å². The standard InChI is InChI=1S/C15H28N2O/c16-11-14(13-7-3-4-8-13)17-15(18)10-9-12-5-1-2-6-12/h12-14H,1-11,16H2,(H,17,18). The van der Waals surface area contributed by atoms with Crippen LogP contribution in [0.5, 0.6) is 0 Å². The zero-order chi connectivity index (χ0) is 12.8. The summed E-state index contributed by atoms with van der Waals surface area (Å²) in [5.41, 5.74) is 5.80. The van der Waals surface area contributed by atoms with Gasteiger partial charge in [0.05, 0.1) is 0 Å². The summed E-state index contributed by atoms with van der Waals surface area (Å²) in [5, 5.41) is 3.17. The molecule has 3 heteroatoms. The highest BCUT2D eigenvalue weighted by Gasteiger charge is 2.25. The molecule has 3 nitrogen and oxygen atoms in total. The topological polar surface area (TPSA) is 55.1 Å². The van der Waals surface area contributed by atoms with Crippen molar-refractivity contribution in [1.29, 1.82) is 0 Å². The highest BCUT2D eigenvalue weighted by molar-refractivity contribution is 5.76. The van der Waals surface area contributed by atoms with Gasteiger partial charge in [0.2, 0.25) is 5.91 Å². The van der Waals surface area contributed by atoms with Crippen LogP contribution >= 0.6 is 0 Å². The van der Waals surface area contributed by atoms with Crippen molar-refractivity contribution in [3.05, 3.63) is 0 Å². The molecule has 1 amide bonds. The number of amides is 1. The highest BCUT2D eigenvalue weighted by Crippen LogP contribution is 2.29. The summed E-state index contributed by atoms with van der Waals surface area (Å²) in [5.74, 6) is 1.66. The number of carbonyl (C=O) groups excluding carboxylic acids is 1. The van der Waals surface area contributed by atoms with Crippen LogP contribution < -0.4 is 11.1 Å². The van der Waals surface area contributed by atoms with Crippen LogP contribution in [-0.2, 0) is 4.79 Å². The van der Waals surface area contributed by atoms with E-state index in [0.29, 0.717) is 18.9 Å². The van der Waals surface area contributed by atoms with Crippen LogP contribution in [0.4, 0.5) is 0 Å². The Morgan fingerprint density at radius 1 is 1.11 bits per heavy atom. The fourth-order valence-corrected chi connectivity index (χ4v) is 3.64. The molecule has 104 valence electrons. The fraction of sp³-hybridized carbons (Fsp3) is 0.933. The third-order valence-corrected chi connectivity index (χ3v) is 4.82. The molecule has 2 aliphatic carbocycles. The van der Waals surface area contributed by atoms with Gasteiger partial charge in [-0.05, 0) is 31.1 Å². The zero-order valence-electron chi connectivity index (χ0n) is 11.5. The Morgan fingerprint density at radius 3 is 2.33 bits per heavy atom. The Morgan fingerprint density at radius 2 is 1.72 bits per heavy atom. The first-order valence-electron chi connectivity index (χ1n) is 7.79. The van der Waals surface area contributed by atoms with Gasteiger partial charge in [-0.2, -0.15) is 0 Å². The molecule has 1 atom stereocenters. The predicted octanol–water partition coefficient (Wildman–Crippen LogP) is 2.59. The maximum Gasteiger partial charge on any atom is 0.220 e. The largest absolute Gasteiger partial charge is 0.352 e. The van der Waals surface area contributed by atoms with Gasteiger partial charge in [-0.3, -0.25) is 4.79 Å². The van der Waals surface area contributed by atoms with Crippen LogP contribution in [0, 0.1) is 11.8 Å². The Kier molecular flexibility index (Phi) is 5.48. The van der Waals surface area contributed by atoms with Crippen LogP contribution in [0.2, 0.25) is 0 Å². The quantitative estimate of drug-likeness (QED) is 0.763. The van der Waals surface area contributed by atoms with Crippen molar-refractivity contribution in [2.75, 3.05) is 6.54 Å². The minimum Gasteiger partial charge on any atom is -0.352 e. The molecule has 0 radical (unpaired) electrons. The van der Waals surface area contributed by atoms with Crippen LogP contribution in [0.25, 0.3) is 0 Å². The number of nitrogens with one attached hydrogen (secondary N) is 1. The van der Waals surface area contributed by atoms with E-state index in [2.05, 4.69) is 5.32 Å². The molecule has 2 aliphatic rings. The third-order valence-electron chi connectivity index (χ3n) is 4.82. The number of nitrogens with two attached hydrogens (primary N) is 1. The highest BCUT2D eigenvalue weighted by atomic mass is 16.1. The van der Waals surface area contributed by atoms with E-state index in [1.165, 1.54) is 51.4 Å². The van der Waals surface area contributed by atoms with E-state index in [-0.39, 0.29) is 11.9 Å². The minimum atomic E-state index is 0.226. The van der Waals surface area contributed by atoms with E-state index in [9.17, 15) is 4.79 Å². The summed E-state index contributed by atoms with van der Waals surface area (Å²) in [7, 11) is 0. The molecule has 2 rings (SSSR count). The molecule has 2 saturated carbocycles. The van der Waals surface area contributed by atoms with E-state index in [1.54, 1.807) is 0 Å². The molecular formula is C15H28N2O. The summed E-state index contributed by atoms with van der Waals surface area (Å²) >= 11 is 0. The first-order chi connectivity index (χ1) is 8.79. The second-order valence-corrected chi connectivity index (χ2v) is 6.14. The molecule has 0 spiro atoms. The molecule has 0 saturated heterocycles. The average molecular weight is 252 g/mol. The van der Waals surface area contributed by atoms with Gasteiger partial charge >= 0.3 is 0 Å². The summed E-state index contributed by atoms with van der Waals surface area (Å²) in [6.45, 7) is 0.597. The third kappa shape index (κ3) is 3.98. The molecule has 0 aliphatic heterocycles. The van der Waals surface area contributed by atoms with Crippen LogP contribution in [0.1, 0.15) is 64.2 Å². The molecule has 2 fully saturated rings. The van der Waals surface area contributed by atoms with E-state index in [0.717, 1.165) is 12.3 Å². The van der Waals surface area contributed by atoms with Gasteiger partial charge in [-0.25, -0.2) is 0 Å². The van der Waals surface area contributed by atoms with Crippen molar-refractivity contribution in [3.8, 4) is 0 Å². The number of hydrogen-bond donors (Lipinski definition) is 2. The lowest BCUT2D eigenvalue weighted by Gasteiger charge is -2.23. The van der Waals surface area contributed by atoms with Gasteiger partial charge in [0, 0.05) is 19.0 Å². The van der Waals surface area contributed by atoms with Crippen LogP contribution in [0.15, 0.2) is 0 Å². The predicted molar refractivity (Wildman–Crippen MR) is 74.1 cm³/mol. The van der Waals surface area contributed by atoms with Crippen molar-refractivity contribution >= 4 is 5.91 Å². The number of hydrogen-bond acceptors (Lipinski definition) is 2. The molecule has 0 aromatic rings. The Balaban J connectivity index is 1.67. The fourth-order valence-electron chi connectivity index (χ4n) is 3.64. The minimum absolute atomic E-state index is 0.226. The lowest BCUT2D eigenvalue weighted by atomic mass is 9.97. The van der Waals surface area contributed by atoms with E-state index in [4.69, 9.17) is 5.73 Å². The monoisotopic (exact) mass is 252 g/mol. The van der Waals surface area contributed by atoms with Crippen LogP contribution in [0.3, 0.4) is 0 Å². The van der Waals surface area contributed by atoms with Gasteiger partial charge in [0.15, 0.2) is 0 Å². The maximum atomic E-state index is 12.0.